The minimum Gasteiger partial charge on any atom is -0.346 e. The van der Waals surface area contributed by atoms with E-state index >= 15 is 0 Å². The van der Waals surface area contributed by atoms with Crippen molar-refractivity contribution in [1.29, 1.82) is 0 Å². The van der Waals surface area contributed by atoms with Gasteiger partial charge in [-0.3, -0.25) is 4.79 Å². The zero-order valence-electron chi connectivity index (χ0n) is 10.5. The van der Waals surface area contributed by atoms with Crippen LogP contribution < -0.4 is 0 Å². The molecule has 94 valence electrons. The molecular weight excluding hydrogens is 241 g/mol. The number of rotatable bonds is 3. The molecule has 0 aliphatic rings. The molecule has 0 fully saturated rings. The molecule has 1 aromatic rings. The van der Waals surface area contributed by atoms with Gasteiger partial charge in [0.15, 0.2) is 0 Å². The summed E-state index contributed by atoms with van der Waals surface area (Å²) in [4.78, 5) is 12.8. The number of carbonyl (C=O) groups is 1. The molecule has 0 aromatic heterocycles. The monoisotopic (exact) mass is 257 g/mol. The minimum atomic E-state index is -1.70. The van der Waals surface area contributed by atoms with Gasteiger partial charge in [-0.05, 0) is 17.5 Å². The standard InChI is InChI=1S/C13H17ClFNO/c1-8(2)9-5-6-11(14)10(7-9)12(15)13(17)16(3)4/h5-8,12H,1-4H3/t12-/m0/s1. The molecule has 0 aliphatic heterocycles. The van der Waals surface area contributed by atoms with Gasteiger partial charge in [0, 0.05) is 24.7 Å². The third-order valence-electron chi connectivity index (χ3n) is 2.62. The first kappa shape index (κ1) is 14.0. The van der Waals surface area contributed by atoms with E-state index in [9.17, 15) is 9.18 Å². The van der Waals surface area contributed by atoms with E-state index in [1.165, 1.54) is 19.0 Å². The van der Waals surface area contributed by atoms with Crippen molar-refractivity contribution in [2.45, 2.75) is 25.9 Å². The van der Waals surface area contributed by atoms with Crippen molar-refractivity contribution in [2.75, 3.05) is 14.1 Å². The second-order valence-electron chi connectivity index (χ2n) is 4.53. The summed E-state index contributed by atoms with van der Waals surface area (Å²) in [6.45, 7) is 4.02. The smallest absolute Gasteiger partial charge is 0.261 e. The molecule has 1 atom stereocenters. The fraction of sp³-hybridized carbons (Fsp3) is 0.462. The number of benzene rings is 1. The number of amides is 1. The van der Waals surface area contributed by atoms with Gasteiger partial charge in [0.2, 0.25) is 6.17 Å². The van der Waals surface area contributed by atoms with Crippen LogP contribution in [0.2, 0.25) is 5.02 Å². The van der Waals surface area contributed by atoms with Gasteiger partial charge in [0.05, 0.1) is 0 Å². The Balaban J connectivity index is 3.12. The normalized spacial score (nSPS) is 12.6. The van der Waals surface area contributed by atoms with Crippen LogP contribution in [-0.2, 0) is 4.79 Å². The van der Waals surface area contributed by atoms with Gasteiger partial charge in [-0.2, -0.15) is 0 Å². The Morgan fingerprint density at radius 3 is 2.41 bits per heavy atom. The average molecular weight is 258 g/mol. The van der Waals surface area contributed by atoms with Crippen molar-refractivity contribution in [3.63, 3.8) is 0 Å². The number of likely N-dealkylation sites (N-methyl/N-ethyl adjacent to an activating group) is 1. The van der Waals surface area contributed by atoms with Crippen LogP contribution in [0.4, 0.5) is 4.39 Å². The molecule has 1 amide bonds. The summed E-state index contributed by atoms with van der Waals surface area (Å²) < 4.78 is 14.0. The van der Waals surface area contributed by atoms with Crippen molar-refractivity contribution < 1.29 is 9.18 Å². The van der Waals surface area contributed by atoms with Gasteiger partial charge in [0.25, 0.3) is 5.91 Å². The van der Waals surface area contributed by atoms with Crippen LogP contribution in [0, 0.1) is 0 Å². The highest BCUT2D eigenvalue weighted by Crippen LogP contribution is 2.30. The Bertz CT molecular complexity index is 418. The van der Waals surface area contributed by atoms with E-state index in [1.54, 1.807) is 12.1 Å². The molecule has 4 heteroatoms. The zero-order valence-corrected chi connectivity index (χ0v) is 11.3. The second kappa shape index (κ2) is 5.50. The molecule has 0 radical (unpaired) electrons. The Morgan fingerprint density at radius 1 is 1.35 bits per heavy atom. The summed E-state index contributed by atoms with van der Waals surface area (Å²) in [7, 11) is 3.05. The zero-order chi connectivity index (χ0) is 13.2. The highest BCUT2D eigenvalue weighted by molar-refractivity contribution is 6.31. The molecule has 1 rings (SSSR count). The van der Waals surface area contributed by atoms with Crippen molar-refractivity contribution in [1.82, 2.24) is 4.90 Å². The molecule has 17 heavy (non-hydrogen) atoms. The molecule has 0 heterocycles. The number of hydrogen-bond donors (Lipinski definition) is 0. The van der Waals surface area contributed by atoms with Gasteiger partial charge in [-0.25, -0.2) is 4.39 Å². The molecular formula is C13H17ClFNO. The van der Waals surface area contributed by atoms with E-state index in [1.807, 2.05) is 19.9 Å². The largest absolute Gasteiger partial charge is 0.346 e. The Morgan fingerprint density at radius 2 is 1.94 bits per heavy atom. The van der Waals surface area contributed by atoms with E-state index in [0.29, 0.717) is 0 Å². The van der Waals surface area contributed by atoms with Crippen molar-refractivity contribution >= 4 is 17.5 Å². The predicted molar refractivity (Wildman–Crippen MR) is 68.1 cm³/mol. The fourth-order valence-corrected chi connectivity index (χ4v) is 1.69. The SMILES string of the molecule is CC(C)c1ccc(Cl)c([C@H](F)C(=O)N(C)C)c1. The lowest BCUT2D eigenvalue weighted by atomic mass is 9.98. The van der Waals surface area contributed by atoms with Gasteiger partial charge in [-0.1, -0.05) is 37.6 Å². The third-order valence-corrected chi connectivity index (χ3v) is 2.96. The second-order valence-corrected chi connectivity index (χ2v) is 4.94. The number of hydrogen-bond acceptors (Lipinski definition) is 1. The summed E-state index contributed by atoms with van der Waals surface area (Å²) >= 11 is 5.93. The van der Waals surface area contributed by atoms with Crippen molar-refractivity contribution in [3.05, 3.63) is 34.3 Å². The number of alkyl halides is 1. The lowest BCUT2D eigenvalue weighted by molar-refractivity contribution is -0.134. The molecule has 2 nitrogen and oxygen atoms in total. The molecule has 0 unspecified atom stereocenters. The Labute approximate surface area is 106 Å². The van der Waals surface area contributed by atoms with Crippen molar-refractivity contribution in [3.8, 4) is 0 Å². The molecule has 0 aliphatic carbocycles. The first-order chi connectivity index (χ1) is 7.84. The van der Waals surface area contributed by atoms with Crippen LogP contribution in [0.3, 0.4) is 0 Å². The fourth-order valence-electron chi connectivity index (χ4n) is 1.48. The van der Waals surface area contributed by atoms with E-state index in [4.69, 9.17) is 11.6 Å². The summed E-state index contributed by atoms with van der Waals surface area (Å²) in [5, 5.41) is 0.289. The maximum atomic E-state index is 14.0. The van der Waals surface area contributed by atoms with Crippen LogP contribution in [-0.4, -0.2) is 24.9 Å². The lowest BCUT2D eigenvalue weighted by Gasteiger charge is -2.17. The number of nitrogens with zero attached hydrogens (tertiary/aromatic N) is 1. The maximum Gasteiger partial charge on any atom is 0.261 e. The van der Waals surface area contributed by atoms with Gasteiger partial charge in [-0.15, -0.1) is 0 Å². The molecule has 0 saturated carbocycles. The molecule has 0 N–H and O–H groups in total. The van der Waals surface area contributed by atoms with Crippen LogP contribution in [0.5, 0.6) is 0 Å². The summed E-state index contributed by atoms with van der Waals surface area (Å²) in [5.41, 5.74) is 1.22. The number of halogens is 2. The topological polar surface area (TPSA) is 20.3 Å². The van der Waals surface area contributed by atoms with Gasteiger partial charge < -0.3 is 4.90 Å². The van der Waals surface area contributed by atoms with Gasteiger partial charge in [0.1, 0.15) is 0 Å². The first-order valence-corrected chi connectivity index (χ1v) is 5.87. The molecule has 0 bridgehead atoms. The van der Waals surface area contributed by atoms with E-state index < -0.39 is 12.1 Å². The predicted octanol–water partition coefficient (Wildman–Crippen LogP) is 3.56. The van der Waals surface area contributed by atoms with Crippen LogP contribution in [0.1, 0.15) is 37.1 Å². The van der Waals surface area contributed by atoms with Crippen molar-refractivity contribution in [2.24, 2.45) is 0 Å². The highest BCUT2D eigenvalue weighted by Gasteiger charge is 2.24. The quantitative estimate of drug-likeness (QED) is 0.811. The Hall–Kier alpha value is -1.09. The Kier molecular flexibility index (Phi) is 4.52. The molecule has 0 spiro atoms. The van der Waals surface area contributed by atoms with E-state index in [2.05, 4.69) is 0 Å². The van der Waals surface area contributed by atoms with Crippen LogP contribution in [0.25, 0.3) is 0 Å². The summed E-state index contributed by atoms with van der Waals surface area (Å²) in [6, 6.07) is 5.16. The highest BCUT2D eigenvalue weighted by atomic mass is 35.5. The molecule has 0 saturated heterocycles. The molecule has 1 aromatic carbocycles. The van der Waals surface area contributed by atoms with E-state index in [0.717, 1.165) is 5.56 Å². The number of carbonyl (C=O) groups excluding carboxylic acids is 1. The average Bonchev–Trinajstić information content (AvgIpc) is 2.27. The van der Waals surface area contributed by atoms with Crippen LogP contribution in [0.15, 0.2) is 18.2 Å². The van der Waals surface area contributed by atoms with E-state index in [-0.39, 0.29) is 16.5 Å². The van der Waals surface area contributed by atoms with Gasteiger partial charge >= 0.3 is 0 Å². The minimum absolute atomic E-state index is 0.247. The summed E-state index contributed by atoms with van der Waals surface area (Å²) in [6.07, 6.45) is -1.70. The lowest BCUT2D eigenvalue weighted by Crippen LogP contribution is -2.26. The third kappa shape index (κ3) is 3.19. The summed E-state index contributed by atoms with van der Waals surface area (Å²) in [5.74, 6) is -0.319. The maximum absolute atomic E-state index is 14.0. The first-order valence-electron chi connectivity index (χ1n) is 5.49. The van der Waals surface area contributed by atoms with Crippen LogP contribution >= 0.6 is 11.6 Å².